The minimum absolute atomic E-state index is 0.0660. The predicted octanol–water partition coefficient (Wildman–Crippen LogP) is 1.36. The Balaban J connectivity index is 1.30. The molecule has 2 saturated heterocycles. The monoisotopic (exact) mass is 446 g/mol. The maximum atomic E-state index is 13.0. The summed E-state index contributed by atoms with van der Waals surface area (Å²) in [6.45, 7) is 5.50. The summed E-state index contributed by atoms with van der Waals surface area (Å²) in [7, 11) is -3.38. The highest BCUT2D eigenvalue weighted by Gasteiger charge is 2.33. The molecule has 0 radical (unpaired) electrons. The first kappa shape index (κ1) is 20.8. The molecule has 10 heteroatoms. The lowest BCUT2D eigenvalue weighted by molar-refractivity contribution is 0.0931. The van der Waals surface area contributed by atoms with Crippen LogP contribution in [-0.2, 0) is 27.7 Å². The third-order valence-electron chi connectivity index (χ3n) is 6.37. The number of ether oxygens (including phenoxy) is 1. The van der Waals surface area contributed by atoms with Crippen LogP contribution in [0.2, 0.25) is 0 Å². The standard InChI is InChI=1S/C21H30N6O3S/c28-31(29,16-17-3-4-17)21-24-12-18(27(21)15-19-2-1-11-30-19)14-25-7-9-26(10-8-25)20-13-22-5-6-23-20/h5-6,12-13,17,19H,1-4,7-11,14-16H2. The molecule has 0 aromatic carbocycles. The number of hydrogen-bond donors (Lipinski definition) is 0. The van der Waals surface area contributed by atoms with Crippen molar-refractivity contribution in [1.29, 1.82) is 0 Å². The first-order chi connectivity index (χ1) is 15.1. The molecular weight excluding hydrogens is 416 g/mol. The van der Waals surface area contributed by atoms with Crippen molar-refractivity contribution in [2.75, 3.05) is 43.4 Å². The molecule has 1 saturated carbocycles. The number of sulfone groups is 1. The molecule has 0 spiro atoms. The highest BCUT2D eigenvalue weighted by molar-refractivity contribution is 7.91. The Morgan fingerprint density at radius 3 is 2.55 bits per heavy atom. The Bertz CT molecular complexity index is 978. The Kier molecular flexibility index (Phi) is 5.94. The summed E-state index contributed by atoms with van der Waals surface area (Å²) in [5, 5.41) is 0.225. The number of imidazole rings is 1. The van der Waals surface area contributed by atoms with E-state index < -0.39 is 9.84 Å². The Hall–Kier alpha value is -2.04. The van der Waals surface area contributed by atoms with Crippen LogP contribution in [0.4, 0.5) is 5.82 Å². The van der Waals surface area contributed by atoms with Gasteiger partial charge in [0, 0.05) is 51.7 Å². The van der Waals surface area contributed by atoms with E-state index in [1.165, 1.54) is 0 Å². The van der Waals surface area contributed by atoms with Gasteiger partial charge in [0.05, 0.1) is 36.5 Å². The largest absolute Gasteiger partial charge is 0.376 e. The van der Waals surface area contributed by atoms with Crippen molar-refractivity contribution in [2.24, 2.45) is 5.92 Å². The van der Waals surface area contributed by atoms with Crippen LogP contribution in [0.25, 0.3) is 0 Å². The smallest absolute Gasteiger partial charge is 0.227 e. The van der Waals surface area contributed by atoms with Gasteiger partial charge in [0.2, 0.25) is 15.0 Å². The molecule has 1 atom stereocenters. The second-order valence-electron chi connectivity index (χ2n) is 8.83. The molecule has 4 heterocycles. The zero-order valence-corrected chi connectivity index (χ0v) is 18.6. The van der Waals surface area contributed by atoms with E-state index in [2.05, 4.69) is 24.8 Å². The van der Waals surface area contributed by atoms with Crippen LogP contribution in [0.1, 0.15) is 31.4 Å². The van der Waals surface area contributed by atoms with Crippen molar-refractivity contribution in [3.63, 3.8) is 0 Å². The molecule has 3 aliphatic rings. The average molecular weight is 447 g/mol. The van der Waals surface area contributed by atoms with Crippen LogP contribution in [0.15, 0.2) is 29.9 Å². The van der Waals surface area contributed by atoms with E-state index in [1.807, 2.05) is 4.57 Å². The lowest BCUT2D eigenvalue weighted by atomic mass is 10.2. The summed E-state index contributed by atoms with van der Waals surface area (Å²) in [5.41, 5.74) is 0.956. The first-order valence-corrected chi connectivity index (χ1v) is 12.9. The third kappa shape index (κ3) is 4.91. The summed E-state index contributed by atoms with van der Waals surface area (Å²) in [6, 6.07) is 0. The summed E-state index contributed by atoms with van der Waals surface area (Å²) in [5.74, 6) is 1.42. The lowest BCUT2D eigenvalue weighted by Crippen LogP contribution is -2.46. The summed E-state index contributed by atoms with van der Waals surface area (Å²) >= 11 is 0. The van der Waals surface area contributed by atoms with Crippen LogP contribution >= 0.6 is 0 Å². The van der Waals surface area contributed by atoms with E-state index in [0.717, 1.165) is 70.0 Å². The fourth-order valence-corrected chi connectivity index (χ4v) is 6.29. The van der Waals surface area contributed by atoms with Crippen LogP contribution < -0.4 is 4.90 Å². The molecule has 2 aromatic heterocycles. The van der Waals surface area contributed by atoms with Crippen molar-refractivity contribution in [1.82, 2.24) is 24.4 Å². The number of rotatable bonds is 8. The molecule has 0 amide bonds. The zero-order valence-electron chi connectivity index (χ0n) is 17.8. The lowest BCUT2D eigenvalue weighted by Gasteiger charge is -2.35. The number of piperazine rings is 1. The van der Waals surface area contributed by atoms with Gasteiger partial charge in [-0.3, -0.25) is 9.88 Å². The molecule has 5 rings (SSSR count). The van der Waals surface area contributed by atoms with E-state index in [1.54, 1.807) is 24.8 Å². The topological polar surface area (TPSA) is 93.5 Å². The highest BCUT2D eigenvalue weighted by atomic mass is 32.2. The Morgan fingerprint density at radius 1 is 1.03 bits per heavy atom. The fourth-order valence-electron chi connectivity index (χ4n) is 4.44. The minimum Gasteiger partial charge on any atom is -0.376 e. The van der Waals surface area contributed by atoms with E-state index in [4.69, 9.17) is 4.74 Å². The maximum Gasteiger partial charge on any atom is 0.227 e. The van der Waals surface area contributed by atoms with E-state index in [-0.39, 0.29) is 17.0 Å². The van der Waals surface area contributed by atoms with Gasteiger partial charge in [0.1, 0.15) is 5.82 Å². The molecule has 0 N–H and O–H groups in total. The second kappa shape index (κ2) is 8.84. The molecule has 2 aliphatic heterocycles. The third-order valence-corrected chi connectivity index (χ3v) is 8.17. The van der Waals surface area contributed by atoms with Gasteiger partial charge in [0.25, 0.3) is 0 Å². The van der Waals surface area contributed by atoms with Gasteiger partial charge < -0.3 is 14.2 Å². The van der Waals surface area contributed by atoms with Crippen LogP contribution in [-0.4, -0.2) is 77.5 Å². The van der Waals surface area contributed by atoms with Crippen molar-refractivity contribution in [2.45, 2.75) is 50.0 Å². The predicted molar refractivity (Wildman–Crippen MR) is 115 cm³/mol. The van der Waals surface area contributed by atoms with Gasteiger partial charge in [-0.15, -0.1) is 0 Å². The molecule has 2 aromatic rings. The van der Waals surface area contributed by atoms with Crippen LogP contribution in [0.3, 0.4) is 0 Å². The maximum absolute atomic E-state index is 13.0. The molecule has 1 aliphatic carbocycles. The molecule has 0 bridgehead atoms. The van der Waals surface area contributed by atoms with Gasteiger partial charge in [-0.2, -0.15) is 0 Å². The second-order valence-corrected chi connectivity index (χ2v) is 10.8. The molecule has 168 valence electrons. The molecule has 3 fully saturated rings. The summed E-state index contributed by atoms with van der Waals surface area (Å²) in [4.78, 5) is 17.5. The number of anilines is 1. The van der Waals surface area contributed by atoms with Crippen LogP contribution in [0.5, 0.6) is 0 Å². The highest BCUT2D eigenvalue weighted by Crippen LogP contribution is 2.32. The average Bonchev–Trinajstić information content (AvgIpc) is 3.26. The van der Waals surface area contributed by atoms with Gasteiger partial charge in [-0.05, 0) is 31.6 Å². The van der Waals surface area contributed by atoms with Gasteiger partial charge >= 0.3 is 0 Å². The number of nitrogens with zero attached hydrogens (tertiary/aromatic N) is 6. The normalized spacial score (nSPS) is 22.8. The fraction of sp³-hybridized carbons (Fsp3) is 0.667. The zero-order chi connectivity index (χ0) is 21.3. The molecule has 9 nitrogen and oxygen atoms in total. The first-order valence-electron chi connectivity index (χ1n) is 11.2. The van der Waals surface area contributed by atoms with Crippen molar-refractivity contribution in [3.8, 4) is 0 Å². The van der Waals surface area contributed by atoms with Crippen LogP contribution in [0, 0.1) is 5.92 Å². The number of hydrogen-bond acceptors (Lipinski definition) is 8. The molecular formula is C21H30N6O3S. The van der Waals surface area contributed by atoms with E-state index in [0.29, 0.717) is 19.0 Å². The van der Waals surface area contributed by atoms with Crippen molar-refractivity contribution in [3.05, 3.63) is 30.5 Å². The summed E-state index contributed by atoms with van der Waals surface area (Å²) in [6.07, 6.45) is 11.0. The SMILES string of the molecule is O=S(=O)(CC1CC1)c1ncc(CN2CCN(c3cnccn3)CC2)n1CC1CCCO1. The molecule has 31 heavy (non-hydrogen) atoms. The Morgan fingerprint density at radius 2 is 1.87 bits per heavy atom. The Labute approximate surface area is 183 Å². The molecule has 1 unspecified atom stereocenters. The van der Waals surface area contributed by atoms with Gasteiger partial charge in [-0.1, -0.05) is 0 Å². The number of aromatic nitrogens is 4. The quantitative estimate of drug-likeness (QED) is 0.600. The summed E-state index contributed by atoms with van der Waals surface area (Å²) < 4.78 is 33.8. The van der Waals surface area contributed by atoms with Crippen molar-refractivity contribution < 1.29 is 13.2 Å². The van der Waals surface area contributed by atoms with Gasteiger partial charge in [-0.25, -0.2) is 18.4 Å². The van der Waals surface area contributed by atoms with Crippen molar-refractivity contribution >= 4 is 15.7 Å². The minimum atomic E-state index is -3.38. The van der Waals surface area contributed by atoms with E-state index in [9.17, 15) is 8.42 Å². The van der Waals surface area contributed by atoms with E-state index >= 15 is 0 Å². The van der Waals surface area contributed by atoms with Gasteiger partial charge in [0.15, 0.2) is 0 Å².